The number of nitrogens with two attached hydrogens (primary N) is 1. The number of carbonyl (C=O) groups is 1. The molecule has 10 heteroatoms. The summed E-state index contributed by atoms with van der Waals surface area (Å²) in [5.74, 6) is 0.836. The zero-order valence-corrected chi connectivity index (χ0v) is 15.9. The summed E-state index contributed by atoms with van der Waals surface area (Å²) in [4.78, 5) is 17.2. The number of thiophene rings is 1. The van der Waals surface area contributed by atoms with Gasteiger partial charge in [-0.15, -0.1) is 11.3 Å². The molecular weight excluding hydrogens is 388 g/mol. The van der Waals surface area contributed by atoms with Crippen LogP contribution in [0.2, 0.25) is 0 Å². The number of nitrogens with zero attached hydrogens (tertiary/aromatic N) is 2. The Morgan fingerprint density at radius 2 is 1.96 bits per heavy atom. The molecule has 0 atom stereocenters. The molecule has 0 spiro atoms. The van der Waals surface area contributed by atoms with Crippen LogP contribution in [0.3, 0.4) is 0 Å². The highest BCUT2D eigenvalue weighted by Gasteiger charge is 2.11. The highest BCUT2D eigenvalue weighted by molar-refractivity contribution is 7.89. The molecule has 142 valence electrons. The summed E-state index contributed by atoms with van der Waals surface area (Å²) >= 11 is 1.52. The maximum Gasteiger partial charge on any atom is 0.238 e. The smallest absolute Gasteiger partial charge is 0.238 e. The average molecular weight is 406 g/mol. The first kappa shape index (κ1) is 19.2. The minimum absolute atomic E-state index is 0.0664. The molecule has 2 aromatic heterocycles. The van der Waals surface area contributed by atoms with E-state index in [1.807, 2.05) is 17.5 Å². The monoisotopic (exact) mass is 406 g/mol. The van der Waals surface area contributed by atoms with Gasteiger partial charge in [0, 0.05) is 19.4 Å². The molecule has 0 bridgehead atoms. The van der Waals surface area contributed by atoms with Crippen LogP contribution in [0.5, 0.6) is 0 Å². The first-order chi connectivity index (χ1) is 12.9. The fourth-order valence-electron chi connectivity index (χ4n) is 2.36. The van der Waals surface area contributed by atoms with Crippen molar-refractivity contribution in [3.8, 4) is 10.7 Å². The summed E-state index contributed by atoms with van der Waals surface area (Å²) in [6.07, 6.45) is 1.20. The molecule has 0 radical (unpaired) electrons. The molecule has 0 saturated heterocycles. The lowest BCUT2D eigenvalue weighted by Gasteiger charge is -2.05. The van der Waals surface area contributed by atoms with E-state index in [-0.39, 0.29) is 17.2 Å². The molecular formula is C17H18N4O4S2. The second-order valence-electron chi connectivity index (χ2n) is 5.78. The number of hydrogen-bond acceptors (Lipinski definition) is 7. The SMILES string of the molecule is NS(=O)(=O)c1ccc(CCNC(=O)CCc2nc(-c3cccs3)no2)cc1. The number of benzene rings is 1. The number of aromatic nitrogens is 2. The van der Waals surface area contributed by atoms with Crippen LogP contribution in [0.15, 0.2) is 51.2 Å². The molecule has 8 nitrogen and oxygen atoms in total. The van der Waals surface area contributed by atoms with E-state index in [9.17, 15) is 13.2 Å². The van der Waals surface area contributed by atoms with Crippen molar-refractivity contribution >= 4 is 27.3 Å². The van der Waals surface area contributed by atoms with E-state index < -0.39 is 10.0 Å². The van der Waals surface area contributed by atoms with Gasteiger partial charge in [0.2, 0.25) is 27.6 Å². The number of carbonyl (C=O) groups excluding carboxylic acids is 1. The van der Waals surface area contributed by atoms with Crippen molar-refractivity contribution in [1.29, 1.82) is 0 Å². The van der Waals surface area contributed by atoms with Gasteiger partial charge < -0.3 is 9.84 Å². The topological polar surface area (TPSA) is 128 Å². The summed E-state index contributed by atoms with van der Waals surface area (Å²) in [6.45, 7) is 0.442. The van der Waals surface area contributed by atoms with Gasteiger partial charge >= 0.3 is 0 Å². The minimum Gasteiger partial charge on any atom is -0.356 e. The zero-order chi connectivity index (χ0) is 19.3. The Bertz CT molecular complexity index is 996. The zero-order valence-electron chi connectivity index (χ0n) is 14.3. The minimum atomic E-state index is -3.69. The molecule has 1 amide bonds. The van der Waals surface area contributed by atoms with Crippen molar-refractivity contribution in [3.05, 3.63) is 53.2 Å². The Morgan fingerprint density at radius 1 is 1.19 bits per heavy atom. The molecule has 0 aliphatic carbocycles. The van der Waals surface area contributed by atoms with Crippen LogP contribution in [-0.4, -0.2) is 31.0 Å². The second kappa shape index (κ2) is 8.42. The summed E-state index contributed by atoms with van der Waals surface area (Å²) in [6, 6.07) is 10.1. The predicted octanol–water partition coefficient (Wildman–Crippen LogP) is 1.74. The van der Waals surface area contributed by atoms with E-state index >= 15 is 0 Å². The van der Waals surface area contributed by atoms with Gasteiger partial charge in [-0.05, 0) is 35.6 Å². The van der Waals surface area contributed by atoms with E-state index in [1.54, 1.807) is 12.1 Å². The second-order valence-corrected chi connectivity index (χ2v) is 8.29. The molecule has 0 unspecified atom stereocenters. The first-order valence-corrected chi connectivity index (χ1v) is 10.6. The van der Waals surface area contributed by atoms with Crippen LogP contribution < -0.4 is 10.5 Å². The van der Waals surface area contributed by atoms with Crippen molar-refractivity contribution < 1.29 is 17.7 Å². The molecule has 27 heavy (non-hydrogen) atoms. The molecule has 1 aromatic carbocycles. The lowest BCUT2D eigenvalue weighted by atomic mass is 10.1. The lowest BCUT2D eigenvalue weighted by molar-refractivity contribution is -0.121. The molecule has 3 rings (SSSR count). The largest absolute Gasteiger partial charge is 0.356 e. The van der Waals surface area contributed by atoms with E-state index in [1.165, 1.54) is 23.5 Å². The van der Waals surface area contributed by atoms with Gasteiger partial charge in [-0.25, -0.2) is 13.6 Å². The van der Waals surface area contributed by atoms with Crippen molar-refractivity contribution in [3.63, 3.8) is 0 Å². The third-order valence-electron chi connectivity index (χ3n) is 3.76. The van der Waals surface area contributed by atoms with Gasteiger partial charge in [0.25, 0.3) is 0 Å². The Morgan fingerprint density at radius 3 is 2.63 bits per heavy atom. The lowest BCUT2D eigenvalue weighted by Crippen LogP contribution is -2.25. The molecule has 0 aliphatic heterocycles. The molecule has 0 fully saturated rings. The van der Waals surface area contributed by atoms with E-state index in [0.29, 0.717) is 31.1 Å². The average Bonchev–Trinajstić information content (AvgIpc) is 3.31. The summed E-state index contributed by atoms with van der Waals surface area (Å²) in [5.41, 5.74) is 0.903. The van der Waals surface area contributed by atoms with Gasteiger partial charge in [0.1, 0.15) is 0 Å². The molecule has 3 N–H and O–H groups in total. The maximum absolute atomic E-state index is 11.9. The van der Waals surface area contributed by atoms with Crippen molar-refractivity contribution in [1.82, 2.24) is 15.5 Å². The van der Waals surface area contributed by atoms with E-state index in [2.05, 4.69) is 15.5 Å². The van der Waals surface area contributed by atoms with Gasteiger partial charge in [0.05, 0.1) is 9.77 Å². The van der Waals surface area contributed by atoms with Crippen LogP contribution in [0, 0.1) is 0 Å². The van der Waals surface area contributed by atoms with Gasteiger partial charge in [0.15, 0.2) is 0 Å². The fourth-order valence-corrected chi connectivity index (χ4v) is 3.53. The number of primary sulfonamides is 1. The quantitative estimate of drug-likeness (QED) is 0.586. The van der Waals surface area contributed by atoms with Crippen molar-refractivity contribution in [2.45, 2.75) is 24.2 Å². The van der Waals surface area contributed by atoms with Gasteiger partial charge in [-0.3, -0.25) is 4.79 Å². The highest BCUT2D eigenvalue weighted by atomic mass is 32.2. The normalized spacial score (nSPS) is 11.4. The predicted molar refractivity (Wildman–Crippen MR) is 100 cm³/mol. The van der Waals surface area contributed by atoms with E-state index in [0.717, 1.165) is 10.4 Å². The third-order valence-corrected chi connectivity index (χ3v) is 5.56. The summed E-state index contributed by atoms with van der Waals surface area (Å²) in [7, 11) is -3.69. The number of hydrogen-bond donors (Lipinski definition) is 2. The molecule has 0 saturated carbocycles. The number of aryl methyl sites for hydroxylation is 1. The van der Waals surface area contributed by atoms with E-state index in [4.69, 9.17) is 9.66 Å². The van der Waals surface area contributed by atoms with Crippen LogP contribution in [-0.2, 0) is 27.7 Å². The van der Waals surface area contributed by atoms with Crippen LogP contribution in [0.4, 0.5) is 0 Å². The molecule has 0 aliphatic rings. The third kappa shape index (κ3) is 5.46. The standard InChI is InChI=1S/C17H18N4O4S2/c18-27(23,24)13-5-3-12(4-6-13)9-10-19-15(22)7-8-16-20-17(21-25-16)14-2-1-11-26-14/h1-6,11H,7-10H2,(H,19,22)(H2,18,23,24). The van der Waals surface area contributed by atoms with Gasteiger partial charge in [-0.1, -0.05) is 23.4 Å². The first-order valence-electron chi connectivity index (χ1n) is 8.17. The Hall–Kier alpha value is -2.56. The maximum atomic E-state index is 11.9. The molecule has 3 aromatic rings. The summed E-state index contributed by atoms with van der Waals surface area (Å²) in [5, 5.41) is 13.7. The number of sulfonamides is 1. The summed E-state index contributed by atoms with van der Waals surface area (Å²) < 4.78 is 27.6. The Balaban J connectivity index is 1.41. The van der Waals surface area contributed by atoms with Crippen LogP contribution in [0.25, 0.3) is 10.7 Å². The molecule has 2 heterocycles. The number of nitrogens with one attached hydrogen (secondary N) is 1. The Kier molecular flexibility index (Phi) is 5.99. The van der Waals surface area contributed by atoms with Crippen molar-refractivity contribution in [2.75, 3.05) is 6.54 Å². The fraction of sp³-hybridized carbons (Fsp3) is 0.235. The van der Waals surface area contributed by atoms with Crippen LogP contribution in [0.1, 0.15) is 17.9 Å². The number of rotatable bonds is 8. The highest BCUT2D eigenvalue weighted by Crippen LogP contribution is 2.21. The van der Waals surface area contributed by atoms with Crippen LogP contribution >= 0.6 is 11.3 Å². The number of amides is 1. The van der Waals surface area contributed by atoms with Crippen molar-refractivity contribution in [2.24, 2.45) is 5.14 Å². The Labute approximate surface area is 160 Å². The van der Waals surface area contributed by atoms with Gasteiger partial charge in [-0.2, -0.15) is 4.98 Å².